The summed E-state index contributed by atoms with van der Waals surface area (Å²) in [6, 6.07) is -0.407. The van der Waals surface area contributed by atoms with Crippen molar-refractivity contribution < 1.29 is 14.7 Å². The van der Waals surface area contributed by atoms with Gasteiger partial charge in [0.1, 0.15) is 5.82 Å². The predicted molar refractivity (Wildman–Crippen MR) is 88.9 cm³/mol. The van der Waals surface area contributed by atoms with Gasteiger partial charge >= 0.3 is 0 Å². The van der Waals surface area contributed by atoms with Crippen molar-refractivity contribution in [3.05, 3.63) is 23.8 Å². The molecule has 8 nitrogen and oxygen atoms in total. The van der Waals surface area contributed by atoms with E-state index in [4.69, 9.17) is 0 Å². The minimum atomic E-state index is -0.679. The van der Waals surface area contributed by atoms with Gasteiger partial charge in [0.25, 0.3) is 5.91 Å². The van der Waals surface area contributed by atoms with E-state index in [2.05, 4.69) is 20.6 Å². The van der Waals surface area contributed by atoms with Crippen LogP contribution in [0.3, 0.4) is 0 Å². The lowest BCUT2D eigenvalue weighted by Gasteiger charge is -2.34. The lowest BCUT2D eigenvalue weighted by atomic mass is 10.1. The van der Waals surface area contributed by atoms with Gasteiger partial charge in [-0.2, -0.15) is 0 Å². The molecule has 1 aromatic rings. The van der Waals surface area contributed by atoms with Gasteiger partial charge < -0.3 is 15.7 Å². The lowest BCUT2D eigenvalue weighted by molar-refractivity contribution is -0.125. The molecule has 25 heavy (non-hydrogen) atoms. The summed E-state index contributed by atoms with van der Waals surface area (Å²) in [5.74, 6) is 0.986. The molecule has 2 heterocycles. The van der Waals surface area contributed by atoms with Crippen molar-refractivity contribution in [1.82, 2.24) is 25.5 Å². The molecule has 2 aliphatic carbocycles. The van der Waals surface area contributed by atoms with Gasteiger partial charge in [-0.25, -0.2) is 9.97 Å². The first kappa shape index (κ1) is 16.4. The van der Waals surface area contributed by atoms with E-state index in [0.29, 0.717) is 31.0 Å². The topological polar surface area (TPSA) is 107 Å². The zero-order valence-electron chi connectivity index (χ0n) is 14.0. The molecule has 134 valence electrons. The highest BCUT2D eigenvalue weighted by molar-refractivity contribution is 5.93. The number of rotatable bonds is 4. The van der Waals surface area contributed by atoms with Crippen molar-refractivity contribution in [3.8, 4) is 0 Å². The number of hydrogen-bond donors (Lipinski definition) is 3. The monoisotopic (exact) mass is 345 g/mol. The molecule has 1 saturated heterocycles. The smallest absolute Gasteiger partial charge is 0.254 e. The van der Waals surface area contributed by atoms with Crippen LogP contribution in [0.5, 0.6) is 0 Å². The summed E-state index contributed by atoms with van der Waals surface area (Å²) < 4.78 is 0. The molecule has 2 saturated carbocycles. The maximum Gasteiger partial charge on any atom is 0.254 e. The number of nitrogens with one attached hydrogen (secondary N) is 2. The molecule has 1 aromatic heterocycles. The number of hydrogen-bond acceptors (Lipinski definition) is 6. The molecule has 3 atom stereocenters. The highest BCUT2D eigenvalue weighted by atomic mass is 16.3. The molecule has 0 unspecified atom stereocenters. The summed E-state index contributed by atoms with van der Waals surface area (Å²) in [6.45, 7) is 1.63. The van der Waals surface area contributed by atoms with Crippen molar-refractivity contribution in [2.75, 3.05) is 19.6 Å². The molecule has 3 N–H and O–H groups in total. The third-order valence-electron chi connectivity index (χ3n) is 5.31. The normalized spacial score (nSPS) is 30.1. The fourth-order valence-corrected chi connectivity index (χ4v) is 3.72. The summed E-state index contributed by atoms with van der Waals surface area (Å²) >= 11 is 0. The Balaban J connectivity index is 1.35. The van der Waals surface area contributed by atoms with E-state index in [1.165, 1.54) is 0 Å². The molecular weight excluding hydrogens is 322 g/mol. The average molecular weight is 345 g/mol. The van der Waals surface area contributed by atoms with Gasteiger partial charge in [0.05, 0.1) is 24.3 Å². The second-order valence-electron chi connectivity index (χ2n) is 7.14. The maximum atomic E-state index is 12.4. The predicted octanol–water partition coefficient (Wildman–Crippen LogP) is -0.592. The lowest BCUT2D eigenvalue weighted by Crippen LogP contribution is -2.55. The van der Waals surface area contributed by atoms with E-state index >= 15 is 0 Å². The van der Waals surface area contributed by atoms with Crippen LogP contribution in [-0.4, -0.2) is 69.6 Å². The molecule has 8 heteroatoms. The largest absolute Gasteiger partial charge is 0.389 e. The highest BCUT2D eigenvalue weighted by Gasteiger charge is 2.40. The Morgan fingerprint density at radius 3 is 2.68 bits per heavy atom. The van der Waals surface area contributed by atoms with Crippen LogP contribution in [-0.2, 0) is 4.79 Å². The van der Waals surface area contributed by atoms with Gasteiger partial charge in [-0.15, -0.1) is 0 Å². The van der Waals surface area contributed by atoms with Crippen LogP contribution in [0.25, 0.3) is 0 Å². The second-order valence-corrected chi connectivity index (χ2v) is 7.14. The Bertz CT molecular complexity index is 661. The fraction of sp³-hybridized carbons (Fsp3) is 0.647. The molecule has 2 amide bonds. The Kier molecular flexibility index (Phi) is 4.39. The van der Waals surface area contributed by atoms with Crippen LogP contribution in [0, 0.1) is 0 Å². The first-order valence-electron chi connectivity index (χ1n) is 8.93. The summed E-state index contributed by atoms with van der Waals surface area (Å²) in [5.41, 5.74) is 0.414. The minimum absolute atomic E-state index is 0.0150. The quantitative estimate of drug-likeness (QED) is 0.673. The van der Waals surface area contributed by atoms with Crippen LogP contribution in [0.2, 0.25) is 0 Å². The molecule has 3 aliphatic rings. The average Bonchev–Trinajstić information content (AvgIpc) is 3.40. The Hall–Kier alpha value is -2.06. The minimum Gasteiger partial charge on any atom is -0.389 e. The van der Waals surface area contributed by atoms with Crippen molar-refractivity contribution in [1.29, 1.82) is 0 Å². The summed E-state index contributed by atoms with van der Waals surface area (Å²) in [7, 11) is 0. The van der Waals surface area contributed by atoms with E-state index in [1.54, 1.807) is 12.4 Å². The van der Waals surface area contributed by atoms with Crippen LogP contribution in [0.1, 0.15) is 47.8 Å². The second kappa shape index (κ2) is 6.68. The molecule has 0 radical (unpaired) electrons. The number of aliphatic hydroxyl groups is 1. The molecule has 0 bridgehead atoms. The van der Waals surface area contributed by atoms with Crippen molar-refractivity contribution in [2.45, 2.75) is 49.8 Å². The number of amides is 2. The van der Waals surface area contributed by atoms with E-state index in [-0.39, 0.29) is 23.9 Å². The number of nitrogens with zero attached hydrogens (tertiary/aromatic N) is 3. The zero-order chi connectivity index (χ0) is 17.4. The van der Waals surface area contributed by atoms with E-state index in [0.717, 1.165) is 31.6 Å². The van der Waals surface area contributed by atoms with Gasteiger partial charge in [0, 0.05) is 37.4 Å². The Morgan fingerprint density at radius 2 is 2.00 bits per heavy atom. The van der Waals surface area contributed by atoms with Gasteiger partial charge in [0.15, 0.2) is 0 Å². The van der Waals surface area contributed by atoms with Crippen LogP contribution >= 0.6 is 0 Å². The maximum absolute atomic E-state index is 12.4. The van der Waals surface area contributed by atoms with E-state index < -0.39 is 6.10 Å². The highest BCUT2D eigenvalue weighted by Crippen LogP contribution is 2.37. The molecular formula is C17H23N5O3. The van der Waals surface area contributed by atoms with E-state index in [1.807, 2.05) is 4.90 Å². The first-order valence-corrected chi connectivity index (χ1v) is 8.93. The van der Waals surface area contributed by atoms with Crippen molar-refractivity contribution >= 4 is 11.8 Å². The Morgan fingerprint density at radius 1 is 1.24 bits per heavy atom. The SMILES string of the molecule is O=C1CN([C@@H]2CC[C@@H](NC(=O)c3cnc(C4CC4)nc3)[C@H]2O)CCN1. The standard InChI is InChI=1S/C17H23N5O3/c23-14-9-22(6-5-18-14)13-4-3-12(15(13)24)21-17(25)11-7-19-16(20-8-11)10-1-2-10/h7-8,10,12-13,15,24H,1-6,9H2,(H,18,23)(H,21,25)/t12-,13-,15-/m1/s1. The number of aromatic nitrogens is 2. The van der Waals surface area contributed by atoms with Crippen LogP contribution in [0.15, 0.2) is 12.4 Å². The fourth-order valence-electron chi connectivity index (χ4n) is 3.72. The third-order valence-corrected chi connectivity index (χ3v) is 5.31. The third kappa shape index (κ3) is 3.50. The summed E-state index contributed by atoms with van der Waals surface area (Å²) in [5, 5.41) is 16.3. The molecule has 4 rings (SSSR count). The number of carbonyl (C=O) groups excluding carboxylic acids is 2. The van der Waals surface area contributed by atoms with Crippen molar-refractivity contribution in [2.24, 2.45) is 0 Å². The molecule has 0 spiro atoms. The van der Waals surface area contributed by atoms with Crippen LogP contribution in [0.4, 0.5) is 0 Å². The Labute approximate surface area is 146 Å². The van der Waals surface area contributed by atoms with Crippen LogP contribution < -0.4 is 10.6 Å². The number of piperazine rings is 1. The van der Waals surface area contributed by atoms with Gasteiger partial charge in [-0.1, -0.05) is 0 Å². The van der Waals surface area contributed by atoms with Gasteiger partial charge in [-0.3, -0.25) is 14.5 Å². The van der Waals surface area contributed by atoms with E-state index in [9.17, 15) is 14.7 Å². The molecule has 1 aliphatic heterocycles. The van der Waals surface area contributed by atoms with Gasteiger partial charge in [-0.05, 0) is 25.7 Å². The summed E-state index contributed by atoms with van der Waals surface area (Å²) in [4.78, 5) is 34.5. The number of carbonyl (C=O) groups is 2. The summed E-state index contributed by atoms with van der Waals surface area (Å²) in [6.07, 6.45) is 6.13. The first-order chi connectivity index (χ1) is 12.1. The number of aliphatic hydroxyl groups excluding tert-OH is 1. The molecule has 3 fully saturated rings. The zero-order valence-corrected chi connectivity index (χ0v) is 14.0. The van der Waals surface area contributed by atoms with Gasteiger partial charge in [0.2, 0.25) is 5.91 Å². The van der Waals surface area contributed by atoms with Crippen molar-refractivity contribution in [3.63, 3.8) is 0 Å². The molecule has 0 aromatic carbocycles.